The molecule has 0 aliphatic heterocycles. The van der Waals surface area contributed by atoms with Crippen LogP contribution in [0.2, 0.25) is 0 Å². The lowest BCUT2D eigenvalue weighted by Crippen LogP contribution is -2.11. The average molecular weight is 337 g/mol. The molecule has 2 aromatic carbocycles. The van der Waals surface area contributed by atoms with E-state index in [0.717, 1.165) is 11.3 Å². The third-order valence-corrected chi connectivity index (χ3v) is 3.67. The highest BCUT2D eigenvalue weighted by molar-refractivity contribution is 9.10. The van der Waals surface area contributed by atoms with Crippen molar-refractivity contribution in [1.82, 2.24) is 0 Å². The predicted molar refractivity (Wildman–Crippen MR) is 81.1 cm³/mol. The number of anilines is 1. The summed E-state index contributed by atoms with van der Waals surface area (Å²) in [7, 11) is 0. The maximum absolute atomic E-state index is 13.1. The number of rotatable bonds is 4. The van der Waals surface area contributed by atoms with Crippen molar-refractivity contribution in [3.05, 3.63) is 63.9 Å². The van der Waals surface area contributed by atoms with Gasteiger partial charge in [0.05, 0.1) is 0 Å². The Balaban J connectivity index is 2.14. The van der Waals surface area contributed by atoms with Gasteiger partial charge < -0.3 is 11.1 Å². The molecule has 0 aromatic heterocycles. The number of halogens is 2. The highest BCUT2D eigenvalue weighted by Gasteiger charge is 2.10. The number of hydrogen-bond acceptors (Lipinski definition) is 2. The van der Waals surface area contributed by atoms with Crippen LogP contribution in [-0.2, 0) is 0 Å². The number of hydrogen-bond donors (Lipinski definition) is 2. The van der Waals surface area contributed by atoms with E-state index < -0.39 is 5.91 Å². The van der Waals surface area contributed by atoms with Crippen LogP contribution in [0.3, 0.4) is 0 Å². The lowest BCUT2D eigenvalue weighted by Gasteiger charge is -2.17. The second-order valence-electron chi connectivity index (χ2n) is 4.47. The standard InChI is InChI=1S/C15H14BrFN2O/c1-9(13-7-4-11(17)8-14(13)16)19-12-5-2-10(3-6-12)15(18)20/h2-9,19H,1H3,(H2,18,20). The Labute approximate surface area is 125 Å². The number of nitrogens with one attached hydrogen (secondary N) is 1. The fraction of sp³-hybridized carbons (Fsp3) is 0.133. The molecule has 3 N–H and O–H groups in total. The Hall–Kier alpha value is -1.88. The predicted octanol–water partition coefficient (Wildman–Crippen LogP) is 3.86. The molecule has 0 bridgehead atoms. The third-order valence-electron chi connectivity index (χ3n) is 2.98. The van der Waals surface area contributed by atoms with E-state index >= 15 is 0 Å². The van der Waals surface area contributed by atoms with Crippen molar-refractivity contribution in [3.63, 3.8) is 0 Å². The van der Waals surface area contributed by atoms with E-state index in [0.29, 0.717) is 10.0 Å². The number of nitrogens with two attached hydrogens (primary N) is 1. The molecule has 2 rings (SSSR count). The molecule has 5 heteroatoms. The molecule has 0 spiro atoms. The summed E-state index contributed by atoms with van der Waals surface area (Å²) in [6.07, 6.45) is 0. The first kappa shape index (κ1) is 14.5. The van der Waals surface area contributed by atoms with Gasteiger partial charge in [-0.05, 0) is 48.9 Å². The molecule has 3 nitrogen and oxygen atoms in total. The van der Waals surface area contributed by atoms with E-state index in [1.807, 2.05) is 6.92 Å². The number of carbonyl (C=O) groups is 1. The van der Waals surface area contributed by atoms with E-state index in [4.69, 9.17) is 5.73 Å². The van der Waals surface area contributed by atoms with Crippen LogP contribution in [0.5, 0.6) is 0 Å². The van der Waals surface area contributed by atoms with Crippen molar-refractivity contribution in [1.29, 1.82) is 0 Å². The van der Waals surface area contributed by atoms with Crippen LogP contribution in [0, 0.1) is 5.82 Å². The molecule has 0 saturated carbocycles. The zero-order valence-corrected chi connectivity index (χ0v) is 12.4. The van der Waals surface area contributed by atoms with Gasteiger partial charge in [0, 0.05) is 21.8 Å². The summed E-state index contributed by atoms with van der Waals surface area (Å²) in [4.78, 5) is 11.0. The van der Waals surface area contributed by atoms with Crippen molar-refractivity contribution in [2.24, 2.45) is 5.73 Å². The normalized spacial score (nSPS) is 11.9. The van der Waals surface area contributed by atoms with Crippen molar-refractivity contribution < 1.29 is 9.18 Å². The van der Waals surface area contributed by atoms with Crippen molar-refractivity contribution in [2.45, 2.75) is 13.0 Å². The summed E-state index contributed by atoms with van der Waals surface area (Å²) in [5.74, 6) is -0.732. The minimum atomic E-state index is -0.453. The molecule has 0 aliphatic carbocycles. The van der Waals surface area contributed by atoms with Crippen LogP contribution in [0.1, 0.15) is 28.9 Å². The minimum absolute atomic E-state index is 0.00981. The fourth-order valence-corrected chi connectivity index (χ4v) is 2.61. The first-order valence-electron chi connectivity index (χ1n) is 6.08. The van der Waals surface area contributed by atoms with Crippen LogP contribution in [0.15, 0.2) is 46.9 Å². The van der Waals surface area contributed by atoms with Crippen LogP contribution >= 0.6 is 15.9 Å². The number of benzene rings is 2. The summed E-state index contributed by atoms with van der Waals surface area (Å²) >= 11 is 3.35. The van der Waals surface area contributed by atoms with Crippen LogP contribution < -0.4 is 11.1 Å². The molecular formula is C15H14BrFN2O. The fourth-order valence-electron chi connectivity index (χ4n) is 1.91. The molecular weight excluding hydrogens is 323 g/mol. The van der Waals surface area contributed by atoms with Gasteiger partial charge in [0.2, 0.25) is 5.91 Å². The lowest BCUT2D eigenvalue weighted by molar-refractivity contribution is 0.100. The molecule has 1 atom stereocenters. The summed E-state index contributed by atoms with van der Waals surface area (Å²) in [5, 5.41) is 3.28. The van der Waals surface area contributed by atoms with Crippen LogP contribution in [-0.4, -0.2) is 5.91 Å². The smallest absolute Gasteiger partial charge is 0.248 e. The Morgan fingerprint density at radius 3 is 2.45 bits per heavy atom. The van der Waals surface area contributed by atoms with E-state index in [-0.39, 0.29) is 11.9 Å². The van der Waals surface area contributed by atoms with Gasteiger partial charge in [0.25, 0.3) is 0 Å². The second kappa shape index (κ2) is 6.05. The Bertz CT molecular complexity index is 628. The highest BCUT2D eigenvalue weighted by atomic mass is 79.9. The SMILES string of the molecule is CC(Nc1ccc(C(N)=O)cc1)c1ccc(F)cc1Br. The van der Waals surface area contributed by atoms with Crippen LogP contribution in [0.4, 0.5) is 10.1 Å². The zero-order chi connectivity index (χ0) is 14.7. The highest BCUT2D eigenvalue weighted by Crippen LogP contribution is 2.27. The average Bonchev–Trinajstić information content (AvgIpc) is 2.39. The van der Waals surface area contributed by atoms with Gasteiger partial charge in [-0.3, -0.25) is 4.79 Å². The Morgan fingerprint density at radius 1 is 1.25 bits per heavy atom. The number of amides is 1. The van der Waals surface area contributed by atoms with Gasteiger partial charge in [-0.2, -0.15) is 0 Å². The van der Waals surface area contributed by atoms with Crippen molar-refractivity contribution in [2.75, 3.05) is 5.32 Å². The first-order valence-corrected chi connectivity index (χ1v) is 6.88. The molecule has 0 saturated heterocycles. The molecule has 2 aromatic rings. The van der Waals surface area contributed by atoms with E-state index in [9.17, 15) is 9.18 Å². The van der Waals surface area contributed by atoms with Gasteiger partial charge in [-0.25, -0.2) is 4.39 Å². The van der Waals surface area contributed by atoms with E-state index in [1.54, 1.807) is 30.3 Å². The Kier molecular flexibility index (Phi) is 4.39. The lowest BCUT2D eigenvalue weighted by atomic mass is 10.1. The number of carbonyl (C=O) groups excluding carboxylic acids is 1. The monoisotopic (exact) mass is 336 g/mol. The van der Waals surface area contributed by atoms with Gasteiger partial charge in [-0.15, -0.1) is 0 Å². The van der Waals surface area contributed by atoms with Crippen molar-refractivity contribution >= 4 is 27.5 Å². The second-order valence-corrected chi connectivity index (χ2v) is 5.33. The molecule has 20 heavy (non-hydrogen) atoms. The summed E-state index contributed by atoms with van der Waals surface area (Å²) < 4.78 is 13.8. The molecule has 0 heterocycles. The maximum atomic E-state index is 13.1. The molecule has 1 unspecified atom stereocenters. The van der Waals surface area contributed by atoms with Gasteiger partial charge in [-0.1, -0.05) is 22.0 Å². The summed E-state index contributed by atoms with van der Waals surface area (Å²) in [5.41, 5.74) is 7.46. The summed E-state index contributed by atoms with van der Waals surface area (Å²) in [6.45, 7) is 1.97. The number of primary amides is 1. The molecule has 104 valence electrons. The largest absolute Gasteiger partial charge is 0.378 e. The van der Waals surface area contributed by atoms with Crippen molar-refractivity contribution in [3.8, 4) is 0 Å². The molecule has 0 fully saturated rings. The molecule has 0 aliphatic rings. The van der Waals surface area contributed by atoms with Gasteiger partial charge in [0.1, 0.15) is 5.82 Å². The zero-order valence-electron chi connectivity index (χ0n) is 10.9. The van der Waals surface area contributed by atoms with Gasteiger partial charge in [0.15, 0.2) is 0 Å². The van der Waals surface area contributed by atoms with E-state index in [1.165, 1.54) is 12.1 Å². The van der Waals surface area contributed by atoms with E-state index in [2.05, 4.69) is 21.2 Å². The third kappa shape index (κ3) is 3.36. The molecule has 0 radical (unpaired) electrons. The van der Waals surface area contributed by atoms with Gasteiger partial charge >= 0.3 is 0 Å². The summed E-state index contributed by atoms with van der Waals surface area (Å²) in [6, 6.07) is 11.5. The quantitative estimate of drug-likeness (QED) is 0.890. The minimum Gasteiger partial charge on any atom is -0.378 e. The maximum Gasteiger partial charge on any atom is 0.248 e. The first-order chi connectivity index (χ1) is 9.47. The molecule has 1 amide bonds. The van der Waals surface area contributed by atoms with Crippen LogP contribution in [0.25, 0.3) is 0 Å². The Morgan fingerprint density at radius 2 is 1.90 bits per heavy atom. The topological polar surface area (TPSA) is 55.1 Å².